The highest BCUT2D eigenvalue weighted by Crippen LogP contribution is 2.19. The maximum atomic E-state index is 12.8. The lowest BCUT2D eigenvalue weighted by molar-refractivity contribution is -0.121. The number of hydrogen-bond donors (Lipinski definition) is 2. The molecule has 0 aliphatic heterocycles. The van der Waals surface area contributed by atoms with Crippen LogP contribution < -0.4 is 10.0 Å². The van der Waals surface area contributed by atoms with E-state index in [0.717, 1.165) is 17.7 Å². The number of carbonyl (C=O) groups excluding carboxylic acids is 1. The predicted octanol–water partition coefficient (Wildman–Crippen LogP) is 1.94. The molecule has 0 saturated carbocycles. The monoisotopic (exact) mass is 454 g/mol. The van der Waals surface area contributed by atoms with Crippen LogP contribution in [-0.4, -0.2) is 47.3 Å². The second kappa shape index (κ2) is 9.22. The van der Waals surface area contributed by atoms with Gasteiger partial charge in [0.15, 0.2) is 0 Å². The Morgan fingerprint density at radius 2 is 1.74 bits per heavy atom. The predicted molar refractivity (Wildman–Crippen MR) is 103 cm³/mol. The number of alkyl halides is 3. The van der Waals surface area contributed by atoms with E-state index in [1.807, 2.05) is 30.3 Å². The standard InChI is InChI=1S/C18H17F3N6O3S/c19-18(20,21)11-23-31(29,30)15-8-6-14(7-9-15)24-17(28)16(27-12-22-25-26-27)10-13-4-2-1-3-5-13/h1-9,12,16,23H,10-11H2,(H,24,28). The molecule has 164 valence electrons. The highest BCUT2D eigenvalue weighted by molar-refractivity contribution is 7.89. The van der Waals surface area contributed by atoms with Crippen molar-refractivity contribution < 1.29 is 26.4 Å². The van der Waals surface area contributed by atoms with Crippen LogP contribution in [0.5, 0.6) is 0 Å². The first-order chi connectivity index (χ1) is 14.6. The second-order valence-electron chi connectivity index (χ2n) is 6.45. The van der Waals surface area contributed by atoms with Crippen molar-refractivity contribution in [2.45, 2.75) is 23.5 Å². The normalized spacial score (nSPS) is 13.0. The van der Waals surface area contributed by atoms with E-state index in [0.29, 0.717) is 6.42 Å². The summed E-state index contributed by atoms with van der Waals surface area (Å²) < 4.78 is 63.5. The van der Waals surface area contributed by atoms with Crippen molar-refractivity contribution in [1.82, 2.24) is 24.9 Å². The Bertz CT molecular complexity index is 1100. The molecule has 0 spiro atoms. The molecule has 1 unspecified atom stereocenters. The molecular formula is C18H17F3N6O3S. The molecule has 0 saturated heterocycles. The van der Waals surface area contributed by atoms with Gasteiger partial charge in [-0.25, -0.2) is 17.8 Å². The summed E-state index contributed by atoms with van der Waals surface area (Å²) in [7, 11) is -4.34. The molecular weight excluding hydrogens is 437 g/mol. The molecule has 1 heterocycles. The van der Waals surface area contributed by atoms with Crippen molar-refractivity contribution in [2.24, 2.45) is 0 Å². The van der Waals surface area contributed by atoms with Gasteiger partial charge in [0.05, 0.1) is 4.90 Å². The first kappa shape index (κ1) is 22.4. The Hall–Kier alpha value is -3.32. The van der Waals surface area contributed by atoms with Crippen LogP contribution in [0.1, 0.15) is 11.6 Å². The van der Waals surface area contributed by atoms with Gasteiger partial charge in [0.25, 0.3) is 0 Å². The molecule has 1 atom stereocenters. The summed E-state index contributed by atoms with van der Waals surface area (Å²) in [4.78, 5) is 12.5. The molecule has 0 radical (unpaired) electrons. The lowest BCUT2D eigenvalue weighted by Gasteiger charge is -2.16. The molecule has 0 aliphatic carbocycles. The Kier molecular flexibility index (Phi) is 6.65. The molecule has 0 fully saturated rings. The van der Waals surface area contributed by atoms with Crippen LogP contribution in [0.2, 0.25) is 0 Å². The first-order valence-electron chi connectivity index (χ1n) is 8.88. The molecule has 2 aromatic carbocycles. The lowest BCUT2D eigenvalue weighted by atomic mass is 10.1. The Morgan fingerprint density at radius 1 is 1.06 bits per heavy atom. The first-order valence-corrected chi connectivity index (χ1v) is 10.4. The molecule has 3 rings (SSSR count). The van der Waals surface area contributed by atoms with Crippen molar-refractivity contribution in [1.29, 1.82) is 0 Å². The van der Waals surface area contributed by atoms with Crippen LogP contribution in [0.15, 0.2) is 65.8 Å². The molecule has 0 bridgehead atoms. The molecule has 9 nitrogen and oxygen atoms in total. The number of nitrogens with one attached hydrogen (secondary N) is 2. The van der Waals surface area contributed by atoms with Gasteiger partial charge in [-0.2, -0.15) is 13.2 Å². The van der Waals surface area contributed by atoms with E-state index < -0.39 is 34.7 Å². The topological polar surface area (TPSA) is 119 Å². The van der Waals surface area contributed by atoms with Crippen molar-refractivity contribution >= 4 is 21.6 Å². The third-order valence-corrected chi connectivity index (χ3v) is 5.57. The minimum atomic E-state index is -4.68. The summed E-state index contributed by atoms with van der Waals surface area (Å²) in [5, 5.41) is 13.5. The third kappa shape index (κ3) is 6.33. The molecule has 13 heteroatoms. The lowest BCUT2D eigenvalue weighted by Crippen LogP contribution is -2.33. The smallest absolute Gasteiger partial charge is 0.324 e. The summed E-state index contributed by atoms with van der Waals surface area (Å²) in [6, 6.07) is 13.2. The van der Waals surface area contributed by atoms with E-state index >= 15 is 0 Å². The Morgan fingerprint density at radius 3 is 2.32 bits per heavy atom. The molecule has 0 aliphatic rings. The van der Waals surface area contributed by atoms with Gasteiger partial charge in [-0.3, -0.25) is 4.79 Å². The number of nitrogens with zero attached hydrogens (tertiary/aromatic N) is 4. The van der Waals surface area contributed by atoms with Crippen molar-refractivity contribution in [2.75, 3.05) is 11.9 Å². The van der Waals surface area contributed by atoms with Gasteiger partial charge >= 0.3 is 6.18 Å². The van der Waals surface area contributed by atoms with E-state index in [2.05, 4.69) is 20.8 Å². The van der Waals surface area contributed by atoms with E-state index in [9.17, 15) is 26.4 Å². The Balaban J connectivity index is 1.72. The van der Waals surface area contributed by atoms with Crippen LogP contribution in [0, 0.1) is 0 Å². The summed E-state index contributed by atoms with van der Waals surface area (Å²) in [6.45, 7) is -1.68. The molecule has 1 aromatic heterocycles. The van der Waals surface area contributed by atoms with E-state index in [1.54, 1.807) is 0 Å². The number of anilines is 1. The van der Waals surface area contributed by atoms with Gasteiger partial charge < -0.3 is 5.32 Å². The number of benzene rings is 2. The van der Waals surface area contributed by atoms with Crippen molar-refractivity contribution in [3.63, 3.8) is 0 Å². The van der Waals surface area contributed by atoms with Crippen LogP contribution in [0.3, 0.4) is 0 Å². The largest absolute Gasteiger partial charge is 0.402 e. The average Bonchev–Trinajstić information content (AvgIpc) is 3.26. The number of rotatable bonds is 8. The van der Waals surface area contributed by atoms with Gasteiger partial charge in [0.2, 0.25) is 15.9 Å². The average molecular weight is 454 g/mol. The zero-order valence-corrected chi connectivity index (χ0v) is 16.6. The number of amides is 1. The number of aromatic nitrogens is 4. The quantitative estimate of drug-likeness (QED) is 0.537. The minimum absolute atomic E-state index is 0.255. The number of carbonyl (C=O) groups is 1. The zero-order valence-electron chi connectivity index (χ0n) is 15.8. The van der Waals surface area contributed by atoms with Gasteiger partial charge in [-0.15, -0.1) is 5.10 Å². The fraction of sp³-hybridized carbons (Fsp3) is 0.222. The summed E-state index contributed by atoms with van der Waals surface area (Å²) in [6.07, 6.45) is -3.08. The van der Waals surface area contributed by atoms with Crippen LogP contribution in [-0.2, 0) is 21.2 Å². The number of sulfonamides is 1. The number of hydrogen-bond acceptors (Lipinski definition) is 6. The summed E-state index contributed by atoms with van der Waals surface area (Å²) in [5.74, 6) is -0.457. The highest BCUT2D eigenvalue weighted by atomic mass is 32.2. The fourth-order valence-corrected chi connectivity index (χ4v) is 3.67. The highest BCUT2D eigenvalue weighted by Gasteiger charge is 2.30. The van der Waals surface area contributed by atoms with Gasteiger partial charge in [-0.1, -0.05) is 30.3 Å². The molecule has 1 amide bonds. The molecule has 31 heavy (non-hydrogen) atoms. The Labute approximate surface area is 175 Å². The zero-order chi connectivity index (χ0) is 22.5. The van der Waals surface area contributed by atoms with Crippen LogP contribution in [0.25, 0.3) is 0 Å². The maximum Gasteiger partial charge on any atom is 0.402 e. The third-order valence-electron chi connectivity index (χ3n) is 4.15. The van der Waals surface area contributed by atoms with Crippen LogP contribution in [0.4, 0.5) is 18.9 Å². The van der Waals surface area contributed by atoms with E-state index in [-0.39, 0.29) is 10.6 Å². The summed E-state index contributed by atoms with van der Waals surface area (Å²) in [5.41, 5.74) is 1.13. The number of halogens is 3. The molecule has 3 aromatic rings. The second-order valence-corrected chi connectivity index (χ2v) is 8.22. The molecule has 2 N–H and O–H groups in total. The minimum Gasteiger partial charge on any atom is -0.324 e. The van der Waals surface area contributed by atoms with Gasteiger partial charge in [0.1, 0.15) is 18.9 Å². The van der Waals surface area contributed by atoms with Gasteiger partial charge in [0, 0.05) is 12.1 Å². The SMILES string of the molecule is O=C(Nc1ccc(S(=O)(=O)NCC(F)(F)F)cc1)C(Cc1ccccc1)n1cnnn1. The van der Waals surface area contributed by atoms with Crippen LogP contribution >= 0.6 is 0 Å². The maximum absolute atomic E-state index is 12.8. The van der Waals surface area contributed by atoms with Crippen molar-refractivity contribution in [3.05, 3.63) is 66.5 Å². The van der Waals surface area contributed by atoms with E-state index in [1.165, 1.54) is 27.9 Å². The fourth-order valence-electron chi connectivity index (χ4n) is 2.66. The van der Waals surface area contributed by atoms with Crippen molar-refractivity contribution in [3.8, 4) is 0 Å². The number of tetrazole rings is 1. The van der Waals surface area contributed by atoms with Gasteiger partial charge in [-0.05, 0) is 40.3 Å². The summed E-state index contributed by atoms with van der Waals surface area (Å²) >= 11 is 0. The van der Waals surface area contributed by atoms with E-state index in [4.69, 9.17) is 0 Å².